The monoisotopic (exact) mass is 631 g/mol. The van der Waals surface area contributed by atoms with E-state index in [0.29, 0.717) is 0 Å². The first kappa shape index (κ1) is 31.9. The zero-order valence-electron chi connectivity index (χ0n) is 26.4. The van der Waals surface area contributed by atoms with Crippen LogP contribution in [0.1, 0.15) is 61.5 Å². The van der Waals surface area contributed by atoms with E-state index in [4.69, 9.17) is 23.4 Å². The van der Waals surface area contributed by atoms with E-state index in [1.54, 1.807) is 0 Å². The lowest BCUT2D eigenvalue weighted by Gasteiger charge is -2.49. The second-order valence-electron chi connectivity index (χ2n) is 12.9. The molecule has 240 valence electrons. The lowest BCUT2D eigenvalue weighted by Crippen LogP contribution is -2.68. The fourth-order valence-electron chi connectivity index (χ4n) is 6.75. The number of alkyl carbamates (subject to hydrolysis) is 1. The maximum absolute atomic E-state index is 13.4. The fraction of sp³-hybridized carbons (Fsp3) is 0.472. The van der Waals surface area contributed by atoms with Gasteiger partial charge in [0.25, 0.3) is 0 Å². The molecule has 8 nitrogen and oxygen atoms in total. The summed E-state index contributed by atoms with van der Waals surface area (Å²) in [5.74, 6) is -0.0768. The first-order valence-electron chi connectivity index (χ1n) is 16.3. The van der Waals surface area contributed by atoms with Crippen molar-refractivity contribution in [3.05, 3.63) is 95.6 Å². The van der Waals surface area contributed by atoms with Crippen molar-refractivity contribution in [1.82, 2.24) is 5.32 Å². The summed E-state index contributed by atoms with van der Waals surface area (Å²) >= 11 is 0. The van der Waals surface area contributed by atoms with E-state index in [1.807, 2.05) is 54.6 Å². The van der Waals surface area contributed by atoms with Gasteiger partial charge in [-0.3, -0.25) is 0 Å². The van der Waals surface area contributed by atoms with Crippen LogP contribution in [0.3, 0.4) is 0 Å². The third kappa shape index (κ3) is 7.19. The maximum Gasteiger partial charge on any atom is 0.407 e. The van der Waals surface area contributed by atoms with Crippen molar-refractivity contribution in [2.45, 2.75) is 94.6 Å². The van der Waals surface area contributed by atoms with Gasteiger partial charge in [-0.25, -0.2) is 4.79 Å². The van der Waals surface area contributed by atoms with Crippen molar-refractivity contribution in [2.24, 2.45) is 0 Å². The van der Waals surface area contributed by atoms with Crippen LogP contribution in [0.2, 0.25) is 19.1 Å². The molecule has 2 fully saturated rings. The molecule has 0 radical (unpaired) electrons. The van der Waals surface area contributed by atoms with Gasteiger partial charge in [0.1, 0.15) is 31.0 Å². The van der Waals surface area contributed by atoms with Gasteiger partial charge in [0.15, 0.2) is 20.9 Å². The Morgan fingerprint density at radius 2 is 1.58 bits per heavy atom. The zero-order valence-corrected chi connectivity index (χ0v) is 27.4. The molecule has 3 aromatic carbocycles. The van der Waals surface area contributed by atoms with Crippen LogP contribution in [0.25, 0.3) is 11.1 Å². The molecule has 1 unspecified atom stereocenters. The van der Waals surface area contributed by atoms with Crippen LogP contribution >= 0.6 is 0 Å². The molecule has 6 atom stereocenters. The minimum absolute atomic E-state index is 0.0768. The van der Waals surface area contributed by atoms with Crippen LogP contribution < -0.4 is 5.32 Å². The minimum atomic E-state index is -2.21. The molecule has 45 heavy (non-hydrogen) atoms. The normalized spacial score (nSPS) is 26.0. The topological polar surface area (TPSA) is 95.5 Å². The van der Waals surface area contributed by atoms with E-state index >= 15 is 0 Å². The lowest BCUT2D eigenvalue weighted by atomic mass is 9.96. The number of hydrogen-bond donors (Lipinski definition) is 2. The molecular weight excluding hydrogens is 586 g/mol. The molecule has 0 aromatic heterocycles. The first-order chi connectivity index (χ1) is 21.8. The molecule has 0 spiro atoms. The molecule has 9 heteroatoms. The predicted octanol–water partition coefficient (Wildman–Crippen LogP) is 6.90. The number of ether oxygens (including phenoxy) is 4. The minimum Gasteiger partial charge on any atom is -0.449 e. The number of benzene rings is 3. The van der Waals surface area contributed by atoms with Crippen molar-refractivity contribution in [3.8, 4) is 11.1 Å². The van der Waals surface area contributed by atoms with Gasteiger partial charge in [0, 0.05) is 11.5 Å². The van der Waals surface area contributed by atoms with Gasteiger partial charge in [0.05, 0.1) is 6.61 Å². The van der Waals surface area contributed by atoms with Gasteiger partial charge in [-0.05, 0) is 41.4 Å². The molecule has 3 aliphatic rings. The smallest absolute Gasteiger partial charge is 0.407 e. The Kier molecular flexibility index (Phi) is 10.0. The standard InChI is InChI=1S/C36H45NO7Si/c1-4-5-6-14-21-45(2,3)44-35-31(32(38)33-30(42-35)23-40-34(43-33)24-15-8-7-9-16-24)37-36(39)41-22-29-27-19-12-10-17-25(27)26-18-11-13-20-28(26)29/h7-13,15-20,29-35,38H,4-6,14,21-23H2,1-3H3,(H,37,39)/t30-,31-,32-,33-,34?,35+/m1/s1. The molecule has 2 aliphatic heterocycles. The summed E-state index contributed by atoms with van der Waals surface area (Å²) in [4.78, 5) is 13.4. The lowest BCUT2D eigenvalue weighted by molar-refractivity contribution is -0.334. The second-order valence-corrected chi connectivity index (χ2v) is 17.1. The Hall–Kier alpha value is -3.05. The van der Waals surface area contributed by atoms with Crippen LogP contribution in [0.15, 0.2) is 78.9 Å². The molecule has 2 N–H and O–H groups in total. The summed E-state index contributed by atoms with van der Waals surface area (Å²) in [5.41, 5.74) is 5.44. The molecule has 2 heterocycles. The van der Waals surface area contributed by atoms with Crippen molar-refractivity contribution >= 4 is 14.4 Å². The Morgan fingerprint density at radius 3 is 2.27 bits per heavy atom. The van der Waals surface area contributed by atoms with E-state index in [1.165, 1.54) is 12.8 Å². The predicted molar refractivity (Wildman–Crippen MR) is 174 cm³/mol. The number of rotatable bonds is 11. The Labute approximate surface area is 267 Å². The number of nitrogens with one attached hydrogen (secondary N) is 1. The number of carbonyl (C=O) groups excluding carboxylic acids is 1. The van der Waals surface area contributed by atoms with Gasteiger partial charge in [-0.2, -0.15) is 0 Å². The van der Waals surface area contributed by atoms with E-state index in [9.17, 15) is 9.90 Å². The third-order valence-electron chi connectivity index (χ3n) is 9.13. The zero-order chi connectivity index (χ0) is 31.4. The molecule has 0 saturated carbocycles. The highest BCUT2D eigenvalue weighted by atomic mass is 28.4. The van der Waals surface area contributed by atoms with Crippen LogP contribution in [0.4, 0.5) is 4.79 Å². The molecule has 1 aliphatic carbocycles. The van der Waals surface area contributed by atoms with Crippen molar-refractivity contribution in [3.63, 3.8) is 0 Å². The summed E-state index contributed by atoms with van der Waals surface area (Å²) in [6.07, 6.45) is 0.0592. The van der Waals surface area contributed by atoms with Crippen molar-refractivity contribution in [1.29, 1.82) is 0 Å². The van der Waals surface area contributed by atoms with Gasteiger partial charge in [-0.15, -0.1) is 0 Å². The Morgan fingerprint density at radius 1 is 0.911 bits per heavy atom. The average Bonchev–Trinajstić information content (AvgIpc) is 3.37. The van der Waals surface area contributed by atoms with E-state index < -0.39 is 51.3 Å². The van der Waals surface area contributed by atoms with E-state index in [2.05, 4.69) is 49.6 Å². The molecule has 2 saturated heterocycles. The van der Waals surface area contributed by atoms with Gasteiger partial charge in [0.2, 0.25) is 0 Å². The van der Waals surface area contributed by atoms with Crippen LogP contribution in [0.5, 0.6) is 0 Å². The van der Waals surface area contributed by atoms with Gasteiger partial charge >= 0.3 is 6.09 Å². The van der Waals surface area contributed by atoms with Crippen molar-refractivity contribution in [2.75, 3.05) is 13.2 Å². The fourth-order valence-corrected chi connectivity index (χ4v) is 8.80. The van der Waals surface area contributed by atoms with Crippen LogP contribution in [-0.4, -0.2) is 63.4 Å². The molecule has 0 bridgehead atoms. The van der Waals surface area contributed by atoms with Crippen LogP contribution in [-0.2, 0) is 23.4 Å². The third-order valence-corrected chi connectivity index (χ3v) is 11.6. The summed E-state index contributed by atoms with van der Waals surface area (Å²) in [7, 11) is -2.21. The number of aliphatic hydroxyl groups is 1. The quantitative estimate of drug-likeness (QED) is 0.176. The number of unbranched alkanes of at least 4 members (excludes halogenated alkanes) is 3. The van der Waals surface area contributed by atoms with E-state index in [-0.39, 0.29) is 19.1 Å². The highest BCUT2D eigenvalue weighted by Crippen LogP contribution is 2.44. The van der Waals surface area contributed by atoms with Gasteiger partial charge in [-0.1, -0.05) is 111 Å². The highest BCUT2D eigenvalue weighted by Gasteiger charge is 2.51. The number of carbonyl (C=O) groups is 1. The maximum atomic E-state index is 13.4. The Bertz CT molecular complexity index is 1390. The summed E-state index contributed by atoms with van der Waals surface area (Å²) < 4.78 is 31.2. The number of fused-ring (bicyclic) bond motifs is 4. The summed E-state index contributed by atoms with van der Waals surface area (Å²) in [5, 5.41) is 14.7. The molecule has 1 amide bonds. The summed E-state index contributed by atoms with van der Waals surface area (Å²) in [6.45, 7) is 6.91. The van der Waals surface area contributed by atoms with E-state index in [0.717, 1.165) is 46.7 Å². The van der Waals surface area contributed by atoms with Crippen LogP contribution in [0, 0.1) is 0 Å². The average molecular weight is 632 g/mol. The number of hydrogen-bond acceptors (Lipinski definition) is 7. The largest absolute Gasteiger partial charge is 0.449 e. The molecule has 6 rings (SSSR count). The summed E-state index contributed by atoms with van der Waals surface area (Å²) in [6, 6.07) is 26.1. The Balaban J connectivity index is 1.17. The van der Waals surface area contributed by atoms with Crippen molar-refractivity contribution < 1.29 is 33.3 Å². The number of aliphatic hydroxyl groups excluding tert-OH is 1. The second kappa shape index (κ2) is 14.2. The molecule has 3 aromatic rings. The van der Waals surface area contributed by atoms with Gasteiger partial charge < -0.3 is 33.8 Å². The highest BCUT2D eigenvalue weighted by molar-refractivity contribution is 6.71. The SMILES string of the molecule is CCCCCC[Si](C)(C)O[C@@H]1O[C@@H]2COC(c3ccccc3)O[C@H]2[C@H](O)[C@H]1NC(=O)OCC1c2ccccc2-c2ccccc21. The first-order valence-corrected chi connectivity index (χ1v) is 19.4. The molecular formula is C36H45NO7Si. The number of amides is 1.